The summed E-state index contributed by atoms with van der Waals surface area (Å²) < 4.78 is 18.8. The van der Waals surface area contributed by atoms with E-state index in [0.717, 1.165) is 24.8 Å². The number of benzene rings is 1. The lowest BCUT2D eigenvalue weighted by atomic mass is 9.92. The zero-order valence-corrected chi connectivity index (χ0v) is 16.2. The Kier molecular flexibility index (Phi) is 5.77. The first-order valence-corrected chi connectivity index (χ1v) is 9.40. The molecule has 1 atom stereocenters. The van der Waals surface area contributed by atoms with Crippen LogP contribution in [0.1, 0.15) is 56.9 Å². The maximum atomic E-state index is 13.0. The first kappa shape index (κ1) is 19.3. The summed E-state index contributed by atoms with van der Waals surface area (Å²) in [6.07, 6.45) is 2.55. The SMILES string of the molecule is CC(C)(C)Cc1nnc(C2CCCN(C(=O)NCc3ccc(F)cc3)C2)o1. The van der Waals surface area contributed by atoms with Gasteiger partial charge >= 0.3 is 6.03 Å². The highest BCUT2D eigenvalue weighted by atomic mass is 19.1. The molecule has 0 radical (unpaired) electrons. The second-order valence-corrected chi connectivity index (χ2v) is 8.34. The fourth-order valence-corrected chi connectivity index (χ4v) is 3.21. The molecule has 146 valence electrons. The summed E-state index contributed by atoms with van der Waals surface area (Å²) in [5.74, 6) is 1.05. The van der Waals surface area contributed by atoms with Crippen LogP contribution in [-0.4, -0.2) is 34.2 Å². The van der Waals surface area contributed by atoms with Gasteiger partial charge in [-0.1, -0.05) is 32.9 Å². The monoisotopic (exact) mass is 374 g/mol. The predicted octanol–water partition coefficient (Wildman–Crippen LogP) is 3.89. The number of carbonyl (C=O) groups excluding carboxylic acids is 1. The molecule has 1 N–H and O–H groups in total. The third-order valence-corrected chi connectivity index (χ3v) is 4.58. The molecule has 0 bridgehead atoms. The molecule has 1 saturated heterocycles. The summed E-state index contributed by atoms with van der Waals surface area (Å²) in [5.41, 5.74) is 0.949. The van der Waals surface area contributed by atoms with Crippen LogP contribution in [0.4, 0.5) is 9.18 Å². The Balaban J connectivity index is 1.55. The van der Waals surface area contributed by atoms with Gasteiger partial charge in [-0.15, -0.1) is 10.2 Å². The smallest absolute Gasteiger partial charge is 0.317 e. The lowest BCUT2D eigenvalue weighted by Gasteiger charge is -2.31. The Morgan fingerprint density at radius 2 is 2.04 bits per heavy atom. The Labute approximate surface area is 159 Å². The maximum Gasteiger partial charge on any atom is 0.317 e. The molecule has 2 aromatic rings. The van der Waals surface area contributed by atoms with E-state index in [-0.39, 0.29) is 23.2 Å². The van der Waals surface area contributed by atoms with Crippen LogP contribution in [0.2, 0.25) is 0 Å². The third-order valence-electron chi connectivity index (χ3n) is 4.58. The summed E-state index contributed by atoms with van der Waals surface area (Å²) in [6.45, 7) is 8.03. The number of hydrogen-bond donors (Lipinski definition) is 1. The molecule has 2 heterocycles. The largest absolute Gasteiger partial charge is 0.425 e. The van der Waals surface area contributed by atoms with Crippen LogP contribution in [0.3, 0.4) is 0 Å². The number of urea groups is 1. The number of rotatable bonds is 4. The van der Waals surface area contributed by atoms with Gasteiger partial charge in [-0.3, -0.25) is 0 Å². The van der Waals surface area contributed by atoms with Crippen molar-refractivity contribution >= 4 is 6.03 Å². The van der Waals surface area contributed by atoms with E-state index in [1.165, 1.54) is 12.1 Å². The summed E-state index contributed by atoms with van der Waals surface area (Å²) in [6, 6.07) is 6.00. The number of likely N-dealkylation sites (tertiary alicyclic amines) is 1. The van der Waals surface area contributed by atoms with Gasteiger partial charge in [0.25, 0.3) is 0 Å². The summed E-state index contributed by atoms with van der Waals surface area (Å²) >= 11 is 0. The highest BCUT2D eigenvalue weighted by Crippen LogP contribution is 2.27. The highest BCUT2D eigenvalue weighted by Gasteiger charge is 2.29. The molecule has 0 spiro atoms. The summed E-state index contributed by atoms with van der Waals surface area (Å²) in [4.78, 5) is 14.3. The van der Waals surface area contributed by atoms with E-state index in [1.807, 2.05) is 0 Å². The number of aromatic nitrogens is 2. The molecule has 7 heteroatoms. The molecule has 6 nitrogen and oxygen atoms in total. The van der Waals surface area contributed by atoms with Crippen molar-refractivity contribution in [2.75, 3.05) is 13.1 Å². The molecular formula is C20H27FN4O2. The standard InChI is InChI=1S/C20H27FN4O2/c1-20(2,3)11-17-23-24-18(27-17)15-5-4-10-25(13-15)19(26)22-12-14-6-8-16(21)9-7-14/h6-9,15H,4-5,10-13H2,1-3H3,(H,22,26). The van der Waals surface area contributed by atoms with Crippen LogP contribution >= 0.6 is 0 Å². The molecule has 1 aromatic heterocycles. The maximum absolute atomic E-state index is 13.0. The molecule has 3 rings (SSSR count). The Bertz CT molecular complexity index is 767. The van der Waals surface area contributed by atoms with Gasteiger partial charge in [-0.2, -0.15) is 0 Å². The fourth-order valence-electron chi connectivity index (χ4n) is 3.21. The Morgan fingerprint density at radius 3 is 2.74 bits per heavy atom. The zero-order chi connectivity index (χ0) is 19.4. The molecule has 1 unspecified atom stereocenters. The van der Waals surface area contributed by atoms with Crippen LogP contribution < -0.4 is 5.32 Å². The van der Waals surface area contributed by atoms with E-state index >= 15 is 0 Å². The van der Waals surface area contributed by atoms with Crippen molar-refractivity contribution in [2.45, 2.75) is 52.5 Å². The molecule has 2 amide bonds. The number of piperidine rings is 1. The lowest BCUT2D eigenvalue weighted by molar-refractivity contribution is 0.173. The third kappa shape index (κ3) is 5.52. The Hall–Kier alpha value is -2.44. The van der Waals surface area contributed by atoms with Gasteiger partial charge in [0.15, 0.2) is 0 Å². The second kappa shape index (κ2) is 8.06. The minimum Gasteiger partial charge on any atom is -0.425 e. The van der Waals surface area contributed by atoms with E-state index in [2.05, 4.69) is 36.3 Å². The summed E-state index contributed by atoms with van der Waals surface area (Å²) in [7, 11) is 0. The highest BCUT2D eigenvalue weighted by molar-refractivity contribution is 5.74. The number of nitrogens with one attached hydrogen (secondary N) is 1. The van der Waals surface area contributed by atoms with Crippen molar-refractivity contribution in [1.82, 2.24) is 20.4 Å². The summed E-state index contributed by atoms with van der Waals surface area (Å²) in [5, 5.41) is 11.3. The molecule has 27 heavy (non-hydrogen) atoms. The molecular weight excluding hydrogens is 347 g/mol. The lowest BCUT2D eigenvalue weighted by Crippen LogP contribution is -2.44. The van der Waals surface area contributed by atoms with Crippen molar-refractivity contribution < 1.29 is 13.6 Å². The van der Waals surface area contributed by atoms with Gasteiger partial charge in [0.2, 0.25) is 11.8 Å². The Morgan fingerprint density at radius 1 is 1.30 bits per heavy atom. The van der Waals surface area contributed by atoms with Crippen molar-refractivity contribution in [3.05, 3.63) is 47.4 Å². The topological polar surface area (TPSA) is 71.3 Å². The number of carbonyl (C=O) groups is 1. The molecule has 1 aromatic carbocycles. The average Bonchev–Trinajstić information content (AvgIpc) is 3.07. The van der Waals surface area contributed by atoms with E-state index in [1.54, 1.807) is 17.0 Å². The zero-order valence-electron chi connectivity index (χ0n) is 16.2. The normalized spacial score (nSPS) is 17.8. The van der Waals surface area contributed by atoms with Crippen LogP contribution in [0.25, 0.3) is 0 Å². The van der Waals surface area contributed by atoms with Crippen LogP contribution in [-0.2, 0) is 13.0 Å². The molecule has 1 aliphatic rings. The van der Waals surface area contributed by atoms with Gasteiger partial charge in [0.1, 0.15) is 5.82 Å². The van der Waals surface area contributed by atoms with E-state index in [0.29, 0.717) is 31.4 Å². The fraction of sp³-hybridized carbons (Fsp3) is 0.550. The average molecular weight is 374 g/mol. The van der Waals surface area contributed by atoms with Crippen LogP contribution in [0, 0.1) is 11.2 Å². The number of nitrogens with zero attached hydrogens (tertiary/aromatic N) is 3. The number of amides is 2. The van der Waals surface area contributed by atoms with Crippen molar-refractivity contribution in [3.8, 4) is 0 Å². The number of hydrogen-bond acceptors (Lipinski definition) is 4. The van der Waals surface area contributed by atoms with Crippen LogP contribution in [0.5, 0.6) is 0 Å². The molecule has 1 fully saturated rings. The molecule has 0 saturated carbocycles. The van der Waals surface area contributed by atoms with E-state index < -0.39 is 0 Å². The van der Waals surface area contributed by atoms with E-state index in [4.69, 9.17) is 4.42 Å². The van der Waals surface area contributed by atoms with Gasteiger partial charge in [-0.25, -0.2) is 9.18 Å². The van der Waals surface area contributed by atoms with Gasteiger partial charge in [-0.05, 0) is 36.0 Å². The second-order valence-electron chi connectivity index (χ2n) is 8.34. The van der Waals surface area contributed by atoms with Crippen molar-refractivity contribution in [3.63, 3.8) is 0 Å². The van der Waals surface area contributed by atoms with Crippen molar-refractivity contribution in [2.24, 2.45) is 5.41 Å². The van der Waals surface area contributed by atoms with Gasteiger partial charge < -0.3 is 14.6 Å². The minimum atomic E-state index is -0.283. The van der Waals surface area contributed by atoms with Gasteiger partial charge in [0.05, 0.1) is 5.92 Å². The first-order valence-electron chi connectivity index (χ1n) is 9.40. The van der Waals surface area contributed by atoms with Gasteiger partial charge in [0, 0.05) is 26.1 Å². The quantitative estimate of drug-likeness (QED) is 0.881. The van der Waals surface area contributed by atoms with E-state index in [9.17, 15) is 9.18 Å². The predicted molar refractivity (Wildman–Crippen MR) is 99.6 cm³/mol. The minimum absolute atomic E-state index is 0.0662. The first-order chi connectivity index (χ1) is 12.8. The number of halogens is 1. The molecule has 0 aliphatic carbocycles. The molecule has 1 aliphatic heterocycles. The van der Waals surface area contributed by atoms with Crippen LogP contribution in [0.15, 0.2) is 28.7 Å². The van der Waals surface area contributed by atoms with Crippen molar-refractivity contribution in [1.29, 1.82) is 0 Å².